The van der Waals surface area contributed by atoms with Crippen LogP contribution < -0.4 is 9.64 Å². The fourth-order valence-corrected chi connectivity index (χ4v) is 4.26. The Balaban J connectivity index is 1.23. The summed E-state index contributed by atoms with van der Waals surface area (Å²) in [5.74, 6) is 1.70. The SMILES string of the molecule is COc1ccc(N2CCN(C(=O)Cn3cccc3-c3nc(-c4cccc(Cl)c4)no3)CC2)cc1. The third kappa shape index (κ3) is 4.63. The first-order chi connectivity index (χ1) is 16.6. The molecule has 0 saturated carbocycles. The molecule has 1 amide bonds. The van der Waals surface area contributed by atoms with Crippen molar-refractivity contribution in [2.45, 2.75) is 6.54 Å². The Morgan fingerprint density at radius 1 is 1.06 bits per heavy atom. The van der Waals surface area contributed by atoms with Gasteiger partial charge in [0.2, 0.25) is 11.7 Å². The molecule has 0 unspecified atom stereocenters. The van der Waals surface area contributed by atoms with Gasteiger partial charge in [-0.15, -0.1) is 0 Å². The molecule has 0 radical (unpaired) electrons. The number of ether oxygens (including phenoxy) is 1. The van der Waals surface area contributed by atoms with E-state index in [2.05, 4.69) is 15.0 Å². The van der Waals surface area contributed by atoms with E-state index in [1.165, 1.54) is 0 Å². The summed E-state index contributed by atoms with van der Waals surface area (Å²) in [6, 6.07) is 19.0. The number of nitrogens with zero attached hydrogens (tertiary/aromatic N) is 5. The van der Waals surface area contributed by atoms with Gasteiger partial charge in [0.15, 0.2) is 0 Å². The number of carbonyl (C=O) groups excluding carboxylic acids is 1. The van der Waals surface area contributed by atoms with Gasteiger partial charge in [-0.1, -0.05) is 28.9 Å². The first-order valence-corrected chi connectivity index (χ1v) is 11.4. The molecular weight excluding hydrogens is 454 g/mol. The number of halogens is 1. The highest BCUT2D eigenvalue weighted by Gasteiger charge is 2.23. The molecule has 1 saturated heterocycles. The minimum Gasteiger partial charge on any atom is -0.497 e. The van der Waals surface area contributed by atoms with Gasteiger partial charge in [-0.2, -0.15) is 4.98 Å². The summed E-state index contributed by atoms with van der Waals surface area (Å²) in [5.41, 5.74) is 2.60. The second-order valence-electron chi connectivity index (χ2n) is 8.02. The van der Waals surface area contributed by atoms with Crippen molar-refractivity contribution in [1.82, 2.24) is 19.6 Å². The van der Waals surface area contributed by atoms with Crippen molar-refractivity contribution in [3.63, 3.8) is 0 Å². The Bertz CT molecular complexity index is 1280. The summed E-state index contributed by atoms with van der Waals surface area (Å²) >= 11 is 6.07. The van der Waals surface area contributed by atoms with Gasteiger partial charge in [-0.25, -0.2) is 0 Å². The quantitative estimate of drug-likeness (QED) is 0.414. The molecule has 4 aromatic rings. The molecule has 1 aliphatic heterocycles. The molecule has 0 spiro atoms. The summed E-state index contributed by atoms with van der Waals surface area (Å²) in [5, 5.41) is 4.68. The molecule has 0 bridgehead atoms. The third-order valence-electron chi connectivity index (χ3n) is 5.93. The van der Waals surface area contributed by atoms with E-state index in [1.807, 2.05) is 64.2 Å². The van der Waals surface area contributed by atoms with Crippen molar-refractivity contribution in [1.29, 1.82) is 0 Å². The maximum atomic E-state index is 13.0. The van der Waals surface area contributed by atoms with Crippen LogP contribution in [-0.4, -0.2) is 58.8 Å². The summed E-state index contributed by atoms with van der Waals surface area (Å²) in [6.07, 6.45) is 1.85. The van der Waals surface area contributed by atoms with Gasteiger partial charge in [-0.3, -0.25) is 4.79 Å². The fraction of sp³-hybridized carbons (Fsp3) is 0.240. The fourth-order valence-electron chi connectivity index (χ4n) is 4.07. The molecule has 2 aromatic carbocycles. The van der Waals surface area contributed by atoms with E-state index in [0.717, 1.165) is 30.1 Å². The lowest BCUT2D eigenvalue weighted by molar-refractivity contribution is -0.132. The summed E-state index contributed by atoms with van der Waals surface area (Å²) in [4.78, 5) is 21.7. The monoisotopic (exact) mass is 477 g/mol. The van der Waals surface area contributed by atoms with Crippen molar-refractivity contribution in [3.05, 3.63) is 71.9 Å². The molecule has 0 N–H and O–H groups in total. The second-order valence-corrected chi connectivity index (χ2v) is 8.46. The number of aromatic nitrogens is 3. The number of anilines is 1. The van der Waals surface area contributed by atoms with E-state index in [4.69, 9.17) is 20.9 Å². The number of hydrogen-bond donors (Lipinski definition) is 0. The standard InChI is InChI=1S/C25H24ClN5O3/c1-33-21-9-7-20(8-10-21)29-12-14-30(15-13-29)23(32)17-31-11-3-6-22(31)25-27-24(28-34-25)18-4-2-5-19(26)16-18/h2-11,16H,12-15,17H2,1H3. The van der Waals surface area contributed by atoms with E-state index in [0.29, 0.717) is 35.5 Å². The first-order valence-electron chi connectivity index (χ1n) is 11.0. The molecule has 1 fully saturated rings. The molecule has 8 nitrogen and oxygen atoms in total. The van der Waals surface area contributed by atoms with E-state index in [9.17, 15) is 4.79 Å². The van der Waals surface area contributed by atoms with Crippen LogP contribution in [0.15, 0.2) is 71.4 Å². The van der Waals surface area contributed by atoms with Crippen molar-refractivity contribution < 1.29 is 14.1 Å². The molecule has 3 heterocycles. The number of amides is 1. The highest BCUT2D eigenvalue weighted by atomic mass is 35.5. The Labute approximate surface area is 202 Å². The summed E-state index contributed by atoms with van der Waals surface area (Å²) in [7, 11) is 1.66. The van der Waals surface area contributed by atoms with Crippen LogP contribution >= 0.6 is 11.6 Å². The largest absolute Gasteiger partial charge is 0.497 e. The Hall–Kier alpha value is -3.78. The van der Waals surface area contributed by atoms with Gasteiger partial charge in [0.25, 0.3) is 5.89 Å². The van der Waals surface area contributed by atoms with E-state index < -0.39 is 0 Å². The molecule has 2 aromatic heterocycles. The van der Waals surface area contributed by atoms with Crippen LogP contribution in [0, 0.1) is 0 Å². The van der Waals surface area contributed by atoms with Crippen LogP contribution in [0.4, 0.5) is 5.69 Å². The van der Waals surface area contributed by atoms with Crippen molar-refractivity contribution >= 4 is 23.2 Å². The average Bonchev–Trinajstić information content (AvgIpc) is 3.54. The van der Waals surface area contributed by atoms with E-state index in [1.54, 1.807) is 19.2 Å². The molecular formula is C25H24ClN5O3. The number of rotatable bonds is 6. The van der Waals surface area contributed by atoms with Crippen molar-refractivity contribution in [2.24, 2.45) is 0 Å². The van der Waals surface area contributed by atoms with E-state index in [-0.39, 0.29) is 12.5 Å². The van der Waals surface area contributed by atoms with Crippen LogP contribution in [0.25, 0.3) is 23.0 Å². The molecule has 1 aliphatic rings. The van der Waals surface area contributed by atoms with Gasteiger partial charge in [0.1, 0.15) is 18.0 Å². The van der Waals surface area contributed by atoms with Crippen molar-refractivity contribution in [2.75, 3.05) is 38.2 Å². The summed E-state index contributed by atoms with van der Waals surface area (Å²) in [6.45, 7) is 3.11. The molecule has 34 heavy (non-hydrogen) atoms. The van der Waals surface area contributed by atoms with Crippen LogP contribution in [0.2, 0.25) is 5.02 Å². The lowest BCUT2D eigenvalue weighted by Gasteiger charge is -2.36. The highest BCUT2D eigenvalue weighted by molar-refractivity contribution is 6.30. The minimum absolute atomic E-state index is 0.0569. The normalized spacial score (nSPS) is 13.8. The lowest BCUT2D eigenvalue weighted by atomic mass is 10.2. The number of piperazine rings is 1. The predicted octanol–water partition coefficient (Wildman–Crippen LogP) is 4.22. The third-order valence-corrected chi connectivity index (χ3v) is 6.17. The zero-order valence-electron chi connectivity index (χ0n) is 18.7. The molecule has 9 heteroatoms. The van der Waals surface area contributed by atoms with Gasteiger partial charge < -0.3 is 23.6 Å². The maximum absolute atomic E-state index is 13.0. The van der Waals surface area contributed by atoms with Crippen molar-refractivity contribution in [3.8, 4) is 28.7 Å². The molecule has 5 rings (SSSR count). The second kappa shape index (κ2) is 9.61. The van der Waals surface area contributed by atoms with Gasteiger partial charge in [-0.05, 0) is 48.5 Å². The number of hydrogen-bond acceptors (Lipinski definition) is 6. The van der Waals surface area contributed by atoms with Crippen LogP contribution in [0.5, 0.6) is 5.75 Å². The minimum atomic E-state index is 0.0569. The average molecular weight is 478 g/mol. The first kappa shape index (κ1) is 22.0. The maximum Gasteiger partial charge on any atom is 0.274 e. The zero-order chi connectivity index (χ0) is 23.5. The highest BCUT2D eigenvalue weighted by Crippen LogP contribution is 2.25. The van der Waals surface area contributed by atoms with Crippen LogP contribution in [-0.2, 0) is 11.3 Å². The Morgan fingerprint density at radius 3 is 2.59 bits per heavy atom. The van der Waals surface area contributed by atoms with Gasteiger partial charge in [0.05, 0.1) is 7.11 Å². The smallest absolute Gasteiger partial charge is 0.274 e. The van der Waals surface area contributed by atoms with Crippen LogP contribution in [0.3, 0.4) is 0 Å². The zero-order valence-corrected chi connectivity index (χ0v) is 19.5. The molecule has 174 valence electrons. The number of methoxy groups -OCH3 is 1. The lowest BCUT2D eigenvalue weighted by Crippen LogP contribution is -2.49. The topological polar surface area (TPSA) is 76.6 Å². The summed E-state index contributed by atoms with van der Waals surface area (Å²) < 4.78 is 12.6. The Morgan fingerprint density at radius 2 is 1.85 bits per heavy atom. The molecule has 0 aliphatic carbocycles. The van der Waals surface area contributed by atoms with E-state index >= 15 is 0 Å². The number of carbonyl (C=O) groups is 1. The molecule has 0 atom stereocenters. The van der Waals surface area contributed by atoms with Gasteiger partial charge >= 0.3 is 0 Å². The predicted molar refractivity (Wildman–Crippen MR) is 130 cm³/mol. The Kier molecular flexibility index (Phi) is 6.22. The van der Waals surface area contributed by atoms with Gasteiger partial charge in [0, 0.05) is 48.6 Å². The number of benzene rings is 2. The van der Waals surface area contributed by atoms with Crippen LogP contribution in [0.1, 0.15) is 0 Å².